The summed E-state index contributed by atoms with van der Waals surface area (Å²) in [6.45, 7) is 5.35. The molecule has 0 saturated heterocycles. The summed E-state index contributed by atoms with van der Waals surface area (Å²) in [7, 11) is 0. The number of aromatic nitrogens is 2. The minimum Gasteiger partial charge on any atom is -0.325 e. The fourth-order valence-corrected chi connectivity index (χ4v) is 2.86. The van der Waals surface area contributed by atoms with Gasteiger partial charge in [0.15, 0.2) is 0 Å². The Hall–Kier alpha value is -1.06. The van der Waals surface area contributed by atoms with Crippen molar-refractivity contribution >= 4 is 22.6 Å². The molecule has 0 bridgehead atoms. The van der Waals surface area contributed by atoms with Crippen molar-refractivity contribution in [1.29, 1.82) is 0 Å². The van der Waals surface area contributed by atoms with E-state index < -0.39 is 0 Å². The number of hydrogen-bond acceptors (Lipinski definition) is 2. The van der Waals surface area contributed by atoms with Crippen LogP contribution in [0, 0.1) is 0 Å². The Balaban J connectivity index is 2.00. The van der Waals surface area contributed by atoms with Crippen LogP contribution in [-0.2, 0) is 6.42 Å². The number of halogens is 1. The zero-order valence-electron chi connectivity index (χ0n) is 11.5. The second-order valence-electron chi connectivity index (χ2n) is 5.43. The van der Waals surface area contributed by atoms with Crippen LogP contribution in [0.15, 0.2) is 18.2 Å². The summed E-state index contributed by atoms with van der Waals surface area (Å²) in [6, 6.07) is 7.08. The number of hydrogen-bond donors (Lipinski definition) is 1. The van der Waals surface area contributed by atoms with E-state index in [1.54, 1.807) is 0 Å². The molecule has 3 nitrogen and oxygen atoms in total. The SMILES string of the molecule is CCNC(C)Cc1nc2ccc(Cl)cc2n1C1CC1. The summed E-state index contributed by atoms with van der Waals surface area (Å²) in [4.78, 5) is 4.80. The minimum absolute atomic E-state index is 0.454. The third-order valence-electron chi connectivity index (χ3n) is 3.68. The number of nitrogens with one attached hydrogen (secondary N) is 1. The van der Waals surface area contributed by atoms with E-state index in [1.807, 2.05) is 18.2 Å². The van der Waals surface area contributed by atoms with Crippen LogP contribution in [0.2, 0.25) is 5.02 Å². The van der Waals surface area contributed by atoms with E-state index in [0.717, 1.165) is 23.5 Å². The molecule has 3 rings (SSSR count). The molecule has 2 aromatic rings. The van der Waals surface area contributed by atoms with E-state index in [-0.39, 0.29) is 0 Å². The predicted molar refractivity (Wildman–Crippen MR) is 79.9 cm³/mol. The highest BCUT2D eigenvalue weighted by atomic mass is 35.5. The van der Waals surface area contributed by atoms with Gasteiger partial charge in [-0.2, -0.15) is 0 Å². The quantitative estimate of drug-likeness (QED) is 0.906. The van der Waals surface area contributed by atoms with Gasteiger partial charge < -0.3 is 9.88 Å². The molecule has 1 saturated carbocycles. The average molecular weight is 278 g/mol. The number of imidazole rings is 1. The maximum Gasteiger partial charge on any atom is 0.111 e. The van der Waals surface area contributed by atoms with Gasteiger partial charge in [-0.1, -0.05) is 18.5 Å². The Morgan fingerprint density at radius 3 is 2.95 bits per heavy atom. The van der Waals surface area contributed by atoms with Gasteiger partial charge in [0.05, 0.1) is 11.0 Å². The van der Waals surface area contributed by atoms with Crippen molar-refractivity contribution in [2.75, 3.05) is 6.54 Å². The minimum atomic E-state index is 0.454. The van der Waals surface area contributed by atoms with Crippen molar-refractivity contribution in [2.45, 2.75) is 45.2 Å². The topological polar surface area (TPSA) is 29.9 Å². The first kappa shape index (κ1) is 12.9. The molecule has 19 heavy (non-hydrogen) atoms. The molecule has 0 spiro atoms. The third-order valence-corrected chi connectivity index (χ3v) is 3.91. The lowest BCUT2D eigenvalue weighted by Crippen LogP contribution is -2.28. The Labute approximate surface area is 119 Å². The second-order valence-corrected chi connectivity index (χ2v) is 5.86. The molecule has 1 N–H and O–H groups in total. The summed E-state index contributed by atoms with van der Waals surface area (Å²) in [6.07, 6.45) is 3.50. The number of nitrogens with zero attached hydrogens (tertiary/aromatic N) is 2. The summed E-state index contributed by atoms with van der Waals surface area (Å²) in [5, 5.41) is 4.25. The molecular formula is C15H20ClN3. The smallest absolute Gasteiger partial charge is 0.111 e. The van der Waals surface area contributed by atoms with Crippen molar-refractivity contribution in [3.8, 4) is 0 Å². The van der Waals surface area contributed by atoms with Gasteiger partial charge in [0, 0.05) is 23.5 Å². The van der Waals surface area contributed by atoms with Gasteiger partial charge in [-0.3, -0.25) is 0 Å². The highest BCUT2D eigenvalue weighted by Crippen LogP contribution is 2.39. The third kappa shape index (κ3) is 2.63. The first-order valence-electron chi connectivity index (χ1n) is 7.08. The molecular weight excluding hydrogens is 258 g/mol. The van der Waals surface area contributed by atoms with Gasteiger partial charge in [0.1, 0.15) is 5.82 Å². The van der Waals surface area contributed by atoms with Crippen molar-refractivity contribution < 1.29 is 0 Å². The fraction of sp³-hybridized carbons (Fsp3) is 0.533. The Morgan fingerprint density at radius 1 is 1.47 bits per heavy atom. The molecule has 1 aromatic carbocycles. The van der Waals surface area contributed by atoms with E-state index in [2.05, 4.69) is 23.7 Å². The molecule has 1 fully saturated rings. The van der Waals surface area contributed by atoms with Crippen LogP contribution < -0.4 is 5.32 Å². The Kier molecular flexibility index (Phi) is 3.50. The molecule has 1 atom stereocenters. The van der Waals surface area contributed by atoms with E-state index in [1.165, 1.54) is 24.2 Å². The first-order chi connectivity index (χ1) is 9.19. The average Bonchev–Trinajstić information content (AvgIpc) is 3.12. The number of fused-ring (bicyclic) bond motifs is 1. The molecule has 1 aliphatic carbocycles. The normalized spacial score (nSPS) is 17.0. The zero-order chi connectivity index (χ0) is 13.4. The number of benzene rings is 1. The van der Waals surface area contributed by atoms with Gasteiger partial charge in [0.25, 0.3) is 0 Å². The summed E-state index contributed by atoms with van der Waals surface area (Å²) >= 11 is 6.13. The van der Waals surface area contributed by atoms with Gasteiger partial charge in [-0.15, -0.1) is 0 Å². The van der Waals surface area contributed by atoms with Crippen LogP contribution >= 0.6 is 11.6 Å². The highest BCUT2D eigenvalue weighted by molar-refractivity contribution is 6.31. The fourth-order valence-electron chi connectivity index (χ4n) is 2.69. The summed E-state index contributed by atoms with van der Waals surface area (Å²) in [5.41, 5.74) is 2.25. The molecule has 102 valence electrons. The molecule has 1 aliphatic rings. The van der Waals surface area contributed by atoms with Crippen molar-refractivity contribution in [1.82, 2.24) is 14.9 Å². The van der Waals surface area contributed by atoms with Crippen LogP contribution in [0.3, 0.4) is 0 Å². The van der Waals surface area contributed by atoms with E-state index in [4.69, 9.17) is 16.6 Å². The maximum atomic E-state index is 6.13. The van der Waals surface area contributed by atoms with E-state index in [0.29, 0.717) is 12.1 Å². The molecule has 1 unspecified atom stereocenters. The highest BCUT2D eigenvalue weighted by Gasteiger charge is 2.28. The van der Waals surface area contributed by atoms with Crippen LogP contribution in [0.4, 0.5) is 0 Å². The van der Waals surface area contributed by atoms with Gasteiger partial charge in [-0.25, -0.2) is 4.98 Å². The van der Waals surface area contributed by atoms with Crippen LogP contribution in [-0.4, -0.2) is 22.1 Å². The lowest BCUT2D eigenvalue weighted by Gasteiger charge is -2.13. The van der Waals surface area contributed by atoms with Gasteiger partial charge in [0.2, 0.25) is 0 Å². The summed E-state index contributed by atoms with van der Waals surface area (Å²) in [5.74, 6) is 1.19. The largest absolute Gasteiger partial charge is 0.325 e. The van der Waals surface area contributed by atoms with Gasteiger partial charge >= 0.3 is 0 Å². The number of likely N-dealkylation sites (N-methyl/N-ethyl adjacent to an activating group) is 1. The molecule has 1 heterocycles. The standard InChI is InChI=1S/C15H20ClN3/c1-3-17-10(2)8-15-18-13-7-4-11(16)9-14(13)19(15)12-5-6-12/h4,7,9-10,12,17H,3,5-6,8H2,1-2H3. The molecule has 4 heteroatoms. The first-order valence-corrected chi connectivity index (χ1v) is 7.46. The van der Waals surface area contributed by atoms with Gasteiger partial charge in [-0.05, 0) is 44.5 Å². The molecule has 1 aromatic heterocycles. The predicted octanol–water partition coefficient (Wildman–Crippen LogP) is 3.57. The monoisotopic (exact) mass is 277 g/mol. The lowest BCUT2D eigenvalue weighted by atomic mass is 10.2. The zero-order valence-corrected chi connectivity index (χ0v) is 12.2. The van der Waals surface area contributed by atoms with Crippen LogP contribution in [0.25, 0.3) is 11.0 Å². The van der Waals surface area contributed by atoms with Crippen molar-refractivity contribution in [2.24, 2.45) is 0 Å². The molecule has 0 radical (unpaired) electrons. The molecule has 0 amide bonds. The van der Waals surface area contributed by atoms with Crippen LogP contribution in [0.5, 0.6) is 0 Å². The van der Waals surface area contributed by atoms with E-state index >= 15 is 0 Å². The Morgan fingerprint density at radius 2 is 2.26 bits per heavy atom. The number of rotatable bonds is 5. The molecule has 0 aliphatic heterocycles. The summed E-state index contributed by atoms with van der Waals surface area (Å²) < 4.78 is 2.40. The second kappa shape index (κ2) is 5.14. The lowest BCUT2D eigenvalue weighted by molar-refractivity contribution is 0.536. The van der Waals surface area contributed by atoms with Crippen LogP contribution in [0.1, 0.15) is 38.6 Å². The maximum absolute atomic E-state index is 6.13. The van der Waals surface area contributed by atoms with Crippen molar-refractivity contribution in [3.63, 3.8) is 0 Å². The van der Waals surface area contributed by atoms with E-state index in [9.17, 15) is 0 Å². The Bertz CT molecular complexity index is 586. The van der Waals surface area contributed by atoms with Crippen molar-refractivity contribution in [3.05, 3.63) is 29.0 Å².